The van der Waals surface area contributed by atoms with E-state index in [-0.39, 0.29) is 0 Å². The Morgan fingerprint density at radius 2 is 1.59 bits per heavy atom. The van der Waals surface area contributed by atoms with E-state index < -0.39 is 6.10 Å². The topological polar surface area (TPSA) is 20.2 Å². The maximum absolute atomic E-state index is 10.5. The zero-order valence-corrected chi connectivity index (χ0v) is 9.51. The van der Waals surface area contributed by atoms with E-state index in [2.05, 4.69) is 18.2 Å². The van der Waals surface area contributed by atoms with E-state index in [9.17, 15) is 5.11 Å². The van der Waals surface area contributed by atoms with Crippen molar-refractivity contribution in [3.05, 3.63) is 76.9 Å². The fourth-order valence-corrected chi connectivity index (χ4v) is 2.38. The number of allylic oxidation sites excluding steroid dienone is 1. The van der Waals surface area contributed by atoms with Crippen LogP contribution in [0.3, 0.4) is 0 Å². The third-order valence-electron chi connectivity index (χ3n) is 3.28. The maximum atomic E-state index is 10.5. The Hall–Kier alpha value is -1.86. The highest BCUT2D eigenvalue weighted by molar-refractivity contribution is 5.58. The minimum atomic E-state index is -0.521. The van der Waals surface area contributed by atoms with Gasteiger partial charge in [-0.05, 0) is 28.7 Å². The van der Waals surface area contributed by atoms with Crippen molar-refractivity contribution in [2.24, 2.45) is 0 Å². The van der Waals surface area contributed by atoms with Crippen LogP contribution in [-0.2, 0) is 6.42 Å². The number of hydrogen-bond donors (Lipinski definition) is 1. The summed E-state index contributed by atoms with van der Waals surface area (Å²) in [4.78, 5) is 0. The van der Waals surface area contributed by atoms with E-state index >= 15 is 0 Å². The van der Waals surface area contributed by atoms with Gasteiger partial charge < -0.3 is 5.11 Å². The summed E-state index contributed by atoms with van der Waals surface area (Å²) in [6.07, 6.45) is 4.60. The van der Waals surface area contributed by atoms with Crippen LogP contribution < -0.4 is 0 Å². The van der Waals surface area contributed by atoms with Gasteiger partial charge in [-0.15, -0.1) is 0 Å². The van der Waals surface area contributed by atoms with Gasteiger partial charge in [0.05, 0.1) is 0 Å². The molecule has 1 atom stereocenters. The van der Waals surface area contributed by atoms with Gasteiger partial charge in [0.15, 0.2) is 0 Å². The SMILES string of the molecule is OC1c2ccccc2/C=C\Cc2ccccc21. The van der Waals surface area contributed by atoms with Crippen LogP contribution >= 0.6 is 0 Å². The molecule has 1 unspecified atom stereocenters. The van der Waals surface area contributed by atoms with Gasteiger partial charge in [0.1, 0.15) is 6.10 Å². The monoisotopic (exact) mass is 222 g/mol. The Kier molecular flexibility index (Phi) is 2.54. The molecule has 1 nitrogen and oxygen atoms in total. The molecule has 2 aromatic carbocycles. The zero-order chi connectivity index (χ0) is 11.7. The smallest absolute Gasteiger partial charge is 0.105 e. The van der Waals surface area contributed by atoms with Crippen LogP contribution in [0.4, 0.5) is 0 Å². The lowest BCUT2D eigenvalue weighted by atomic mass is 9.90. The maximum Gasteiger partial charge on any atom is 0.105 e. The van der Waals surface area contributed by atoms with Crippen LogP contribution in [0.1, 0.15) is 28.4 Å². The highest BCUT2D eigenvalue weighted by Crippen LogP contribution is 2.30. The van der Waals surface area contributed by atoms with Crippen molar-refractivity contribution in [1.82, 2.24) is 0 Å². The first-order valence-corrected chi connectivity index (χ1v) is 5.87. The van der Waals surface area contributed by atoms with Gasteiger partial charge in [-0.1, -0.05) is 60.7 Å². The molecule has 17 heavy (non-hydrogen) atoms. The molecule has 0 amide bonds. The van der Waals surface area contributed by atoms with E-state index in [0.29, 0.717) is 0 Å². The summed E-state index contributed by atoms with van der Waals surface area (Å²) in [5, 5.41) is 10.5. The van der Waals surface area contributed by atoms with Crippen LogP contribution in [0.2, 0.25) is 0 Å². The quantitative estimate of drug-likeness (QED) is 0.724. The highest BCUT2D eigenvalue weighted by atomic mass is 16.3. The minimum Gasteiger partial charge on any atom is -0.384 e. The molecule has 0 heterocycles. The standard InChI is InChI=1S/C16H14O/c17-16-14-10-3-1-6-12(14)8-5-9-13-7-2-4-11-15(13)16/h1-8,10-11,16-17H,9H2/b8-5-. The molecule has 3 rings (SSSR count). The molecule has 0 spiro atoms. The molecule has 0 radical (unpaired) electrons. The zero-order valence-electron chi connectivity index (χ0n) is 9.51. The second-order valence-corrected chi connectivity index (χ2v) is 4.34. The van der Waals surface area contributed by atoms with Crippen LogP contribution in [0.5, 0.6) is 0 Å². The second kappa shape index (κ2) is 4.19. The minimum absolute atomic E-state index is 0.521. The van der Waals surface area contributed by atoms with Gasteiger partial charge in [0.2, 0.25) is 0 Å². The summed E-state index contributed by atoms with van der Waals surface area (Å²) in [5.74, 6) is 0. The molecule has 1 aliphatic rings. The first-order chi connectivity index (χ1) is 8.36. The molecule has 1 heteroatoms. The van der Waals surface area contributed by atoms with Crippen molar-refractivity contribution in [2.75, 3.05) is 0 Å². The Balaban J connectivity index is 2.21. The molecule has 84 valence electrons. The van der Waals surface area contributed by atoms with Gasteiger partial charge in [0, 0.05) is 0 Å². The summed E-state index contributed by atoms with van der Waals surface area (Å²) in [7, 11) is 0. The van der Waals surface area contributed by atoms with E-state index in [0.717, 1.165) is 23.1 Å². The average molecular weight is 222 g/mol. The number of aliphatic hydroxyl groups excluding tert-OH is 1. The van der Waals surface area contributed by atoms with Gasteiger partial charge >= 0.3 is 0 Å². The van der Waals surface area contributed by atoms with Gasteiger partial charge in [-0.25, -0.2) is 0 Å². The average Bonchev–Trinajstić information content (AvgIpc) is 2.37. The first-order valence-electron chi connectivity index (χ1n) is 5.87. The van der Waals surface area contributed by atoms with Crippen LogP contribution in [0.15, 0.2) is 54.6 Å². The molecular weight excluding hydrogens is 208 g/mol. The van der Waals surface area contributed by atoms with Crippen molar-refractivity contribution in [3.8, 4) is 0 Å². The lowest BCUT2D eigenvalue weighted by molar-refractivity contribution is 0.219. The first kappa shape index (κ1) is 10.3. The Morgan fingerprint density at radius 1 is 0.882 bits per heavy atom. The van der Waals surface area contributed by atoms with Crippen molar-refractivity contribution >= 4 is 6.08 Å². The Labute approximate surface area is 101 Å². The molecule has 2 aromatic rings. The van der Waals surface area contributed by atoms with Crippen molar-refractivity contribution in [3.63, 3.8) is 0 Å². The van der Waals surface area contributed by atoms with Gasteiger partial charge in [-0.2, -0.15) is 0 Å². The predicted molar refractivity (Wildman–Crippen MR) is 69.7 cm³/mol. The lowest BCUT2D eigenvalue weighted by Crippen LogP contribution is -2.06. The molecule has 0 aromatic heterocycles. The summed E-state index contributed by atoms with van der Waals surface area (Å²) in [5.41, 5.74) is 4.31. The third kappa shape index (κ3) is 1.79. The molecule has 0 fully saturated rings. The molecule has 0 aliphatic heterocycles. The van der Waals surface area contributed by atoms with Crippen LogP contribution in [-0.4, -0.2) is 5.11 Å². The molecule has 1 aliphatic carbocycles. The molecule has 0 saturated carbocycles. The lowest BCUT2D eigenvalue weighted by Gasteiger charge is -2.19. The van der Waals surface area contributed by atoms with Crippen LogP contribution in [0, 0.1) is 0 Å². The molecule has 1 N–H and O–H groups in total. The highest BCUT2D eigenvalue weighted by Gasteiger charge is 2.17. The number of benzene rings is 2. The number of aliphatic hydroxyl groups is 1. The van der Waals surface area contributed by atoms with Crippen molar-refractivity contribution in [2.45, 2.75) is 12.5 Å². The normalized spacial score (nSPS) is 19.7. The van der Waals surface area contributed by atoms with Crippen molar-refractivity contribution < 1.29 is 5.11 Å². The van der Waals surface area contributed by atoms with Crippen LogP contribution in [0.25, 0.3) is 6.08 Å². The van der Waals surface area contributed by atoms with E-state index in [1.165, 1.54) is 5.56 Å². The Bertz CT molecular complexity index is 569. The fraction of sp³-hybridized carbons (Fsp3) is 0.125. The van der Waals surface area contributed by atoms with E-state index in [1.807, 2.05) is 42.5 Å². The fourth-order valence-electron chi connectivity index (χ4n) is 2.38. The number of fused-ring (bicyclic) bond motifs is 2. The summed E-state index contributed by atoms with van der Waals surface area (Å²) in [6, 6.07) is 16.1. The number of rotatable bonds is 0. The largest absolute Gasteiger partial charge is 0.384 e. The molecule has 0 bridgehead atoms. The van der Waals surface area contributed by atoms with E-state index in [1.54, 1.807) is 0 Å². The molecular formula is C16H14O. The van der Waals surface area contributed by atoms with Crippen molar-refractivity contribution in [1.29, 1.82) is 0 Å². The number of hydrogen-bond acceptors (Lipinski definition) is 1. The summed E-state index contributed by atoms with van der Waals surface area (Å²) >= 11 is 0. The second-order valence-electron chi connectivity index (χ2n) is 4.34. The predicted octanol–water partition coefficient (Wildman–Crippen LogP) is 3.34. The summed E-state index contributed by atoms with van der Waals surface area (Å²) < 4.78 is 0. The molecule has 0 saturated heterocycles. The third-order valence-corrected chi connectivity index (χ3v) is 3.28. The van der Waals surface area contributed by atoms with Gasteiger partial charge in [-0.3, -0.25) is 0 Å². The van der Waals surface area contributed by atoms with Gasteiger partial charge in [0.25, 0.3) is 0 Å². The Morgan fingerprint density at radius 3 is 2.47 bits per heavy atom. The summed E-state index contributed by atoms with van der Waals surface area (Å²) in [6.45, 7) is 0. The van der Waals surface area contributed by atoms with E-state index in [4.69, 9.17) is 0 Å².